The predicted octanol–water partition coefficient (Wildman–Crippen LogP) is 2.06. The third kappa shape index (κ3) is 2.47. The van der Waals surface area contributed by atoms with Crippen molar-refractivity contribution in [3.8, 4) is 11.3 Å². The fourth-order valence-electron chi connectivity index (χ4n) is 1.58. The van der Waals surface area contributed by atoms with Crippen LogP contribution in [0.1, 0.15) is 12.2 Å². The molecule has 90 valence electrons. The van der Waals surface area contributed by atoms with Gasteiger partial charge in [-0.3, -0.25) is 4.98 Å². The summed E-state index contributed by atoms with van der Waals surface area (Å²) in [6.07, 6.45) is 3.21. The van der Waals surface area contributed by atoms with Gasteiger partial charge in [-0.15, -0.1) is 0 Å². The minimum absolute atomic E-state index is 0.350. The summed E-state index contributed by atoms with van der Waals surface area (Å²) >= 11 is 0. The van der Waals surface area contributed by atoms with E-state index in [2.05, 4.69) is 15.4 Å². The highest BCUT2D eigenvalue weighted by molar-refractivity contribution is 5.58. The van der Waals surface area contributed by atoms with Crippen molar-refractivity contribution < 1.29 is 8.78 Å². The van der Waals surface area contributed by atoms with Gasteiger partial charge in [0, 0.05) is 24.5 Å². The average molecular weight is 238 g/mol. The molecule has 0 aliphatic heterocycles. The van der Waals surface area contributed by atoms with Crippen molar-refractivity contribution >= 4 is 0 Å². The van der Waals surface area contributed by atoms with Crippen molar-refractivity contribution in [2.24, 2.45) is 0 Å². The Morgan fingerprint density at radius 3 is 2.65 bits per heavy atom. The summed E-state index contributed by atoms with van der Waals surface area (Å²) in [4.78, 5) is 3.88. The summed E-state index contributed by atoms with van der Waals surface area (Å²) < 4.78 is 26.2. The molecule has 6 heteroatoms. The van der Waals surface area contributed by atoms with Crippen molar-refractivity contribution in [2.45, 2.75) is 13.1 Å². The van der Waals surface area contributed by atoms with Gasteiger partial charge in [0.1, 0.15) is 0 Å². The van der Waals surface area contributed by atoms with Gasteiger partial charge in [0.25, 0.3) is 0 Å². The molecule has 0 aliphatic carbocycles. The average Bonchev–Trinajstić information content (AvgIpc) is 2.75. The lowest BCUT2D eigenvalue weighted by molar-refractivity contribution is 0.0534. The zero-order chi connectivity index (χ0) is 12.3. The Hall–Kier alpha value is -1.82. The van der Waals surface area contributed by atoms with Gasteiger partial charge in [-0.2, -0.15) is 13.9 Å². The van der Waals surface area contributed by atoms with E-state index < -0.39 is 6.55 Å². The number of nitrogens with zero attached hydrogens (tertiary/aromatic N) is 3. The predicted molar refractivity (Wildman–Crippen MR) is 59.5 cm³/mol. The topological polar surface area (TPSA) is 42.7 Å². The molecular weight excluding hydrogens is 226 g/mol. The van der Waals surface area contributed by atoms with Crippen molar-refractivity contribution in [1.82, 2.24) is 20.1 Å². The maximum absolute atomic E-state index is 12.7. The first-order valence-corrected chi connectivity index (χ1v) is 5.14. The third-order valence-electron chi connectivity index (χ3n) is 2.33. The van der Waals surface area contributed by atoms with Crippen LogP contribution in [0.3, 0.4) is 0 Å². The third-order valence-corrected chi connectivity index (χ3v) is 2.33. The van der Waals surface area contributed by atoms with Crippen molar-refractivity contribution in [3.63, 3.8) is 0 Å². The fraction of sp³-hybridized carbons (Fsp3) is 0.273. The zero-order valence-corrected chi connectivity index (χ0v) is 9.27. The number of pyridine rings is 1. The van der Waals surface area contributed by atoms with Crippen LogP contribution in [-0.2, 0) is 6.54 Å². The van der Waals surface area contributed by atoms with E-state index in [-0.39, 0.29) is 0 Å². The van der Waals surface area contributed by atoms with Crippen LogP contribution in [0.4, 0.5) is 8.78 Å². The van der Waals surface area contributed by atoms with Crippen LogP contribution in [-0.4, -0.2) is 21.8 Å². The second kappa shape index (κ2) is 5.01. The minimum Gasteiger partial charge on any atom is -0.314 e. The highest BCUT2D eigenvalue weighted by Gasteiger charge is 2.15. The van der Waals surface area contributed by atoms with Crippen LogP contribution in [0.2, 0.25) is 0 Å². The van der Waals surface area contributed by atoms with E-state index in [9.17, 15) is 8.78 Å². The molecule has 0 fully saturated rings. The van der Waals surface area contributed by atoms with Gasteiger partial charge >= 0.3 is 6.55 Å². The van der Waals surface area contributed by atoms with E-state index in [1.807, 2.05) is 0 Å². The number of alkyl halides is 2. The van der Waals surface area contributed by atoms with E-state index in [0.29, 0.717) is 17.9 Å². The lowest BCUT2D eigenvalue weighted by Gasteiger charge is -2.04. The van der Waals surface area contributed by atoms with Crippen molar-refractivity contribution in [2.75, 3.05) is 7.05 Å². The van der Waals surface area contributed by atoms with Gasteiger partial charge in [-0.05, 0) is 25.2 Å². The fourth-order valence-corrected chi connectivity index (χ4v) is 1.58. The molecule has 0 spiro atoms. The maximum Gasteiger partial charge on any atom is 0.333 e. The number of aromatic nitrogens is 3. The second-order valence-electron chi connectivity index (χ2n) is 3.51. The summed E-state index contributed by atoms with van der Waals surface area (Å²) in [5.74, 6) is 0. The van der Waals surface area contributed by atoms with Gasteiger partial charge in [0.15, 0.2) is 0 Å². The molecule has 0 radical (unpaired) electrons. The molecule has 0 atom stereocenters. The van der Waals surface area contributed by atoms with Crippen LogP contribution in [0.5, 0.6) is 0 Å². The smallest absolute Gasteiger partial charge is 0.314 e. The summed E-state index contributed by atoms with van der Waals surface area (Å²) in [6, 6.07) is 5.13. The Morgan fingerprint density at radius 1 is 1.35 bits per heavy atom. The molecule has 0 amide bonds. The molecular formula is C11H12F2N4. The van der Waals surface area contributed by atoms with Crippen LogP contribution in [0, 0.1) is 0 Å². The minimum atomic E-state index is -2.63. The highest BCUT2D eigenvalue weighted by Crippen LogP contribution is 2.21. The first-order valence-electron chi connectivity index (χ1n) is 5.14. The first kappa shape index (κ1) is 11.7. The van der Waals surface area contributed by atoms with Gasteiger partial charge in [0.05, 0.1) is 11.4 Å². The largest absolute Gasteiger partial charge is 0.333 e. The molecule has 2 aromatic heterocycles. The molecule has 4 nitrogen and oxygen atoms in total. The maximum atomic E-state index is 12.7. The summed E-state index contributed by atoms with van der Waals surface area (Å²) in [5.41, 5.74) is 1.75. The van der Waals surface area contributed by atoms with Crippen LogP contribution in [0.25, 0.3) is 11.3 Å². The Kier molecular flexibility index (Phi) is 3.43. The number of rotatable bonds is 4. The first-order chi connectivity index (χ1) is 8.22. The number of hydrogen-bond donors (Lipinski definition) is 1. The molecule has 2 aromatic rings. The molecule has 0 saturated heterocycles. The van der Waals surface area contributed by atoms with Gasteiger partial charge in [-0.1, -0.05) is 0 Å². The second-order valence-corrected chi connectivity index (χ2v) is 3.51. The Labute approximate surface area is 97.3 Å². The van der Waals surface area contributed by atoms with E-state index in [4.69, 9.17) is 0 Å². The molecule has 0 bridgehead atoms. The normalized spacial score (nSPS) is 11.1. The number of nitrogens with one attached hydrogen (secondary N) is 1. The monoisotopic (exact) mass is 238 g/mol. The van der Waals surface area contributed by atoms with E-state index in [1.54, 1.807) is 37.6 Å². The Bertz CT molecular complexity index is 481. The molecule has 0 aromatic carbocycles. The summed E-state index contributed by atoms with van der Waals surface area (Å²) in [5, 5.41) is 6.73. The van der Waals surface area contributed by atoms with E-state index >= 15 is 0 Å². The van der Waals surface area contributed by atoms with Gasteiger partial charge < -0.3 is 5.32 Å². The van der Waals surface area contributed by atoms with E-state index in [1.165, 1.54) is 0 Å². The standard InChI is InChI=1S/C11H12F2N4/c1-14-7-9-6-10(16-17(9)11(12)13)8-2-4-15-5-3-8/h2-6,11,14H,7H2,1H3. The number of hydrogen-bond acceptors (Lipinski definition) is 3. The lowest BCUT2D eigenvalue weighted by atomic mass is 10.2. The summed E-state index contributed by atoms with van der Waals surface area (Å²) in [7, 11) is 1.70. The highest BCUT2D eigenvalue weighted by atomic mass is 19.3. The molecule has 2 heterocycles. The zero-order valence-electron chi connectivity index (χ0n) is 9.27. The summed E-state index contributed by atoms with van der Waals surface area (Å²) in [6.45, 7) is -2.28. The van der Waals surface area contributed by atoms with Crippen LogP contribution in [0.15, 0.2) is 30.6 Å². The van der Waals surface area contributed by atoms with Gasteiger partial charge in [-0.25, -0.2) is 4.68 Å². The molecule has 0 saturated carbocycles. The lowest BCUT2D eigenvalue weighted by Crippen LogP contribution is -2.12. The molecule has 0 aliphatic rings. The SMILES string of the molecule is CNCc1cc(-c2ccncc2)nn1C(F)F. The number of halogens is 2. The van der Waals surface area contributed by atoms with Crippen molar-refractivity contribution in [3.05, 3.63) is 36.3 Å². The van der Waals surface area contributed by atoms with Crippen molar-refractivity contribution in [1.29, 1.82) is 0 Å². The van der Waals surface area contributed by atoms with Crippen LogP contribution < -0.4 is 5.32 Å². The quantitative estimate of drug-likeness (QED) is 0.886. The van der Waals surface area contributed by atoms with E-state index in [0.717, 1.165) is 10.2 Å². The molecule has 1 N–H and O–H groups in total. The Balaban J connectivity index is 2.40. The molecule has 2 rings (SSSR count). The molecule has 17 heavy (non-hydrogen) atoms. The van der Waals surface area contributed by atoms with Gasteiger partial charge in [0.2, 0.25) is 0 Å². The molecule has 0 unspecified atom stereocenters. The Morgan fingerprint density at radius 2 is 2.06 bits per heavy atom. The van der Waals surface area contributed by atoms with Crippen LogP contribution >= 0.6 is 0 Å².